The second-order valence-electron chi connectivity index (χ2n) is 12.5. The summed E-state index contributed by atoms with van der Waals surface area (Å²) < 4.78 is 5.57. The molecule has 3 N–H and O–H groups in total. The van der Waals surface area contributed by atoms with E-state index in [1.807, 2.05) is 97.2 Å². The third-order valence-corrected chi connectivity index (χ3v) is 8.59. The van der Waals surface area contributed by atoms with Crippen LogP contribution < -0.4 is 16.0 Å². The summed E-state index contributed by atoms with van der Waals surface area (Å²) in [6.45, 7) is 17.5. The Kier molecular flexibility index (Phi) is 8.39. The minimum absolute atomic E-state index is 0.0282. The summed E-state index contributed by atoms with van der Waals surface area (Å²) in [4.78, 5) is 55.5. The highest BCUT2D eigenvalue weighted by molar-refractivity contribution is 5.96. The first-order valence-electron chi connectivity index (χ1n) is 14.6. The van der Waals surface area contributed by atoms with Gasteiger partial charge in [0.15, 0.2) is 0 Å². The number of fused-ring (bicyclic) bond motifs is 6. The normalized spacial score (nSPS) is 20.1. The van der Waals surface area contributed by atoms with Gasteiger partial charge in [-0.05, 0) is 38.5 Å². The molecule has 3 aromatic heterocycles. The zero-order chi connectivity index (χ0) is 31.4. The Morgan fingerprint density at radius 1 is 0.500 bits per heavy atom. The van der Waals surface area contributed by atoms with Crippen LogP contribution in [0.5, 0.6) is 0 Å². The van der Waals surface area contributed by atoms with Crippen molar-refractivity contribution in [1.82, 2.24) is 44.6 Å². The van der Waals surface area contributed by atoms with Gasteiger partial charge in [-0.25, -0.2) is 15.0 Å². The van der Waals surface area contributed by atoms with Crippen LogP contribution >= 0.6 is 0 Å². The van der Waals surface area contributed by atoms with E-state index in [2.05, 4.69) is 16.0 Å². The number of carbonyl (C=O) groups excluding carboxylic acids is 3. The number of aromatic nitrogens is 6. The van der Waals surface area contributed by atoms with E-state index in [0.29, 0.717) is 34.6 Å². The molecule has 3 amide bonds. The molecule has 0 fully saturated rings. The molecular formula is C30H45N9O3. The molecule has 228 valence electrons. The molecule has 0 spiro atoms. The summed E-state index contributed by atoms with van der Waals surface area (Å²) in [5, 5.41) is 9.38. The smallest absolute Gasteiger partial charge is 0.272 e. The number of amides is 3. The lowest BCUT2D eigenvalue weighted by atomic mass is 10.0. The third-order valence-electron chi connectivity index (χ3n) is 8.59. The fourth-order valence-corrected chi connectivity index (χ4v) is 5.50. The van der Waals surface area contributed by atoms with E-state index >= 15 is 0 Å². The summed E-state index contributed by atoms with van der Waals surface area (Å²) >= 11 is 0. The fraction of sp³-hybridized carbons (Fsp3) is 0.600. The van der Waals surface area contributed by atoms with Crippen molar-refractivity contribution in [2.24, 2.45) is 38.9 Å². The van der Waals surface area contributed by atoms with Crippen LogP contribution in [0.3, 0.4) is 0 Å². The van der Waals surface area contributed by atoms with Crippen molar-refractivity contribution in [2.75, 3.05) is 0 Å². The van der Waals surface area contributed by atoms with Gasteiger partial charge in [-0.2, -0.15) is 0 Å². The molecule has 1 aliphatic heterocycles. The molecular weight excluding hydrogens is 534 g/mol. The number of nitrogens with one attached hydrogen (secondary N) is 3. The van der Waals surface area contributed by atoms with Gasteiger partial charge in [0.05, 0.1) is 18.1 Å². The van der Waals surface area contributed by atoms with Crippen molar-refractivity contribution in [1.29, 1.82) is 0 Å². The Balaban J connectivity index is 1.96. The number of hydrogen-bond acceptors (Lipinski definition) is 6. The number of nitrogens with zero attached hydrogens (tertiary/aromatic N) is 6. The van der Waals surface area contributed by atoms with Crippen LogP contribution in [-0.2, 0) is 21.1 Å². The molecule has 12 nitrogen and oxygen atoms in total. The maximum Gasteiger partial charge on any atom is 0.272 e. The molecule has 0 saturated heterocycles. The summed E-state index contributed by atoms with van der Waals surface area (Å²) in [7, 11) is 5.55. The lowest BCUT2D eigenvalue weighted by Gasteiger charge is -2.22. The highest BCUT2D eigenvalue weighted by atomic mass is 16.2. The van der Waals surface area contributed by atoms with E-state index in [0.717, 1.165) is 0 Å². The standard InChI is InChI=1S/C30H45N9O3/c1-13(2)19-25-31-23(16(7)37(25)10)29(41)35-21(15(5)6)27-33-24(18(9)39(27)12)30(42)36-20(14(3)4)26-32-22(28(40)34-19)17(8)38(26)11/h13-15,19-21H,1-12H3,(H,34,40)(H,35,41)(H,36,42)/t19-,20-,21-/m0/s1. The predicted octanol–water partition coefficient (Wildman–Crippen LogP) is 3.51. The van der Waals surface area contributed by atoms with E-state index in [1.54, 1.807) is 0 Å². The quantitative estimate of drug-likeness (QED) is 0.434. The average Bonchev–Trinajstić information content (AvgIpc) is 3.49. The van der Waals surface area contributed by atoms with Gasteiger partial charge in [0, 0.05) is 38.2 Å². The van der Waals surface area contributed by atoms with E-state index in [4.69, 9.17) is 15.0 Å². The Morgan fingerprint density at radius 2 is 0.714 bits per heavy atom. The van der Waals surface area contributed by atoms with Crippen molar-refractivity contribution < 1.29 is 14.4 Å². The fourth-order valence-electron chi connectivity index (χ4n) is 5.50. The second-order valence-corrected chi connectivity index (χ2v) is 12.5. The maximum atomic E-state index is 13.7. The summed E-state index contributed by atoms with van der Waals surface area (Å²) in [5.41, 5.74) is 2.86. The number of imidazole rings is 3. The molecule has 6 bridgehead atoms. The third kappa shape index (κ3) is 5.22. The lowest BCUT2D eigenvalue weighted by Crippen LogP contribution is -2.35. The molecule has 4 heterocycles. The first kappa shape index (κ1) is 31.0. The number of hydrogen-bond donors (Lipinski definition) is 3. The molecule has 1 aliphatic rings. The van der Waals surface area contributed by atoms with Gasteiger partial charge in [0.2, 0.25) is 0 Å². The number of carbonyl (C=O) groups is 3. The zero-order valence-corrected chi connectivity index (χ0v) is 26.9. The lowest BCUT2D eigenvalue weighted by molar-refractivity contribution is 0.0913. The molecule has 0 aromatic carbocycles. The Bertz CT molecular complexity index is 1360. The SMILES string of the molecule is Cc1c2nc(n1C)[C@H](C(C)C)NC(=O)c1nc(n(C)c1C)[C@H](C(C)C)NC(=O)c1nc(n(C)c1C)[C@H](C(C)C)NC2=O. The van der Waals surface area contributed by atoms with Gasteiger partial charge < -0.3 is 29.7 Å². The van der Waals surface area contributed by atoms with Gasteiger partial charge in [0.1, 0.15) is 34.6 Å². The minimum Gasteiger partial charge on any atom is -0.340 e. The van der Waals surface area contributed by atoms with E-state index in [9.17, 15) is 14.4 Å². The van der Waals surface area contributed by atoms with Gasteiger partial charge in [0.25, 0.3) is 17.7 Å². The highest BCUT2D eigenvalue weighted by Gasteiger charge is 2.34. The van der Waals surface area contributed by atoms with Gasteiger partial charge in [-0.1, -0.05) is 41.5 Å². The van der Waals surface area contributed by atoms with Crippen molar-refractivity contribution in [3.63, 3.8) is 0 Å². The monoisotopic (exact) mass is 579 g/mol. The molecule has 0 unspecified atom stereocenters. The van der Waals surface area contributed by atoms with Crippen LogP contribution in [-0.4, -0.2) is 46.4 Å². The summed E-state index contributed by atoms with van der Waals surface area (Å²) in [6.07, 6.45) is 0. The highest BCUT2D eigenvalue weighted by Crippen LogP contribution is 2.29. The molecule has 0 radical (unpaired) electrons. The van der Waals surface area contributed by atoms with E-state index in [-0.39, 0.29) is 52.6 Å². The summed E-state index contributed by atoms with van der Waals surface area (Å²) in [5.74, 6) is 0.621. The Labute approximate surface area is 247 Å². The minimum atomic E-state index is -0.479. The Morgan fingerprint density at radius 3 is 0.905 bits per heavy atom. The van der Waals surface area contributed by atoms with Gasteiger partial charge in [-0.3, -0.25) is 14.4 Å². The van der Waals surface area contributed by atoms with Crippen molar-refractivity contribution in [3.05, 3.63) is 51.6 Å². The maximum absolute atomic E-state index is 13.7. The van der Waals surface area contributed by atoms with Crippen molar-refractivity contribution in [2.45, 2.75) is 80.4 Å². The van der Waals surface area contributed by atoms with Gasteiger partial charge in [-0.15, -0.1) is 0 Å². The molecule has 12 heteroatoms. The molecule has 3 atom stereocenters. The largest absolute Gasteiger partial charge is 0.340 e. The predicted molar refractivity (Wildman–Crippen MR) is 159 cm³/mol. The Hall–Kier alpha value is -3.96. The molecule has 3 aromatic rings. The van der Waals surface area contributed by atoms with Crippen LogP contribution in [0.2, 0.25) is 0 Å². The average molecular weight is 580 g/mol. The molecule has 0 aliphatic carbocycles. The zero-order valence-electron chi connectivity index (χ0n) is 26.9. The van der Waals surface area contributed by atoms with Crippen molar-refractivity contribution >= 4 is 17.7 Å². The van der Waals surface area contributed by atoms with Crippen LogP contribution in [0.15, 0.2) is 0 Å². The number of rotatable bonds is 3. The molecule has 42 heavy (non-hydrogen) atoms. The first-order chi connectivity index (χ1) is 19.6. The second kappa shape index (κ2) is 11.4. The first-order valence-corrected chi connectivity index (χ1v) is 14.6. The van der Waals surface area contributed by atoms with Crippen LogP contribution in [0, 0.1) is 38.5 Å². The van der Waals surface area contributed by atoms with E-state index in [1.165, 1.54) is 0 Å². The van der Waals surface area contributed by atoms with Crippen LogP contribution in [0.1, 0.15) is 126 Å². The topological polar surface area (TPSA) is 141 Å². The molecule has 0 saturated carbocycles. The van der Waals surface area contributed by atoms with Gasteiger partial charge >= 0.3 is 0 Å². The molecule has 4 rings (SSSR count). The van der Waals surface area contributed by atoms with E-state index < -0.39 is 18.1 Å². The van der Waals surface area contributed by atoms with Crippen molar-refractivity contribution in [3.8, 4) is 0 Å². The summed E-state index contributed by atoms with van der Waals surface area (Å²) in [6, 6.07) is -1.44. The van der Waals surface area contributed by atoms with Crippen LogP contribution in [0.4, 0.5) is 0 Å². The van der Waals surface area contributed by atoms with Crippen LogP contribution in [0.25, 0.3) is 0 Å².